The Morgan fingerprint density at radius 2 is 0.767 bits per heavy atom. The number of aromatic nitrogens is 4. The minimum absolute atomic E-state index is 0.579. The standard InChI is InChI=1S/C55H36N4S/c1-3-13-41(14-4-1)52-57-53(42-15-5-2-6-16-42)59-54(58-52)43-30-34-45(35-31-43)55(47-20-7-9-22-49(47)60-50-23-10-8-21-48(50)55)44-32-28-38(29-33-44)37-24-26-39(27-25-37)46-19-11-17-40-18-12-36-56-51(40)46/h1-36H. The lowest BCUT2D eigenvalue weighted by Crippen LogP contribution is -2.34. The number of pyridine rings is 1. The number of nitrogens with zero attached hydrogens (tertiary/aromatic N) is 4. The molecule has 282 valence electrons. The Bertz CT molecular complexity index is 3040. The van der Waals surface area contributed by atoms with Crippen molar-refractivity contribution in [2.45, 2.75) is 15.2 Å². The molecule has 0 unspecified atom stereocenters. The van der Waals surface area contributed by atoms with Crippen LogP contribution in [0.1, 0.15) is 22.3 Å². The van der Waals surface area contributed by atoms with E-state index in [1.807, 2.05) is 84.7 Å². The molecule has 0 atom stereocenters. The van der Waals surface area contributed by atoms with Crippen LogP contribution < -0.4 is 0 Å². The molecule has 10 aromatic rings. The molecule has 0 fully saturated rings. The topological polar surface area (TPSA) is 51.6 Å². The molecule has 0 spiro atoms. The summed E-state index contributed by atoms with van der Waals surface area (Å²) in [6.45, 7) is 0. The van der Waals surface area contributed by atoms with Crippen molar-refractivity contribution in [1.82, 2.24) is 19.9 Å². The molecule has 0 amide bonds. The van der Waals surface area contributed by atoms with Crippen molar-refractivity contribution in [1.29, 1.82) is 0 Å². The maximum absolute atomic E-state index is 5.03. The molecular formula is C55H36N4S. The normalized spacial score (nSPS) is 12.7. The minimum Gasteiger partial charge on any atom is -0.256 e. The molecule has 2 aromatic heterocycles. The molecule has 11 rings (SSSR count). The third-order valence-corrected chi connectivity index (χ3v) is 12.7. The van der Waals surface area contributed by atoms with Gasteiger partial charge in [0.05, 0.1) is 10.9 Å². The summed E-state index contributed by atoms with van der Waals surface area (Å²) in [6, 6.07) is 75.3. The van der Waals surface area contributed by atoms with Gasteiger partial charge in [-0.25, -0.2) is 15.0 Å². The molecule has 3 heterocycles. The predicted molar refractivity (Wildman–Crippen MR) is 245 cm³/mol. The molecule has 4 nitrogen and oxygen atoms in total. The van der Waals surface area contributed by atoms with Gasteiger partial charge in [0, 0.05) is 43.6 Å². The average Bonchev–Trinajstić information content (AvgIpc) is 3.34. The Balaban J connectivity index is 1.02. The van der Waals surface area contributed by atoms with E-state index in [2.05, 4.69) is 146 Å². The Morgan fingerprint density at radius 1 is 0.333 bits per heavy atom. The van der Waals surface area contributed by atoms with Crippen molar-refractivity contribution < 1.29 is 0 Å². The number of hydrogen-bond acceptors (Lipinski definition) is 5. The first-order valence-corrected chi connectivity index (χ1v) is 20.9. The number of benzene rings is 8. The highest BCUT2D eigenvalue weighted by molar-refractivity contribution is 7.99. The van der Waals surface area contributed by atoms with Crippen LogP contribution in [0.5, 0.6) is 0 Å². The third kappa shape index (κ3) is 6.19. The molecule has 60 heavy (non-hydrogen) atoms. The van der Waals surface area contributed by atoms with Crippen molar-refractivity contribution in [2.75, 3.05) is 0 Å². The maximum atomic E-state index is 5.03. The summed E-state index contributed by atoms with van der Waals surface area (Å²) >= 11 is 1.84. The molecule has 0 saturated carbocycles. The van der Waals surface area contributed by atoms with Gasteiger partial charge >= 0.3 is 0 Å². The fourth-order valence-corrected chi connectivity index (χ4v) is 9.87. The van der Waals surface area contributed by atoms with Gasteiger partial charge in [-0.1, -0.05) is 206 Å². The van der Waals surface area contributed by atoms with Crippen LogP contribution in [-0.2, 0) is 5.41 Å². The Hall–Kier alpha value is -7.47. The van der Waals surface area contributed by atoms with E-state index in [9.17, 15) is 0 Å². The first-order valence-electron chi connectivity index (χ1n) is 20.1. The van der Waals surface area contributed by atoms with Crippen LogP contribution in [0.4, 0.5) is 0 Å². The first-order chi connectivity index (χ1) is 29.7. The van der Waals surface area contributed by atoms with Crippen molar-refractivity contribution in [3.05, 3.63) is 241 Å². The summed E-state index contributed by atoms with van der Waals surface area (Å²) < 4.78 is 0. The Kier molecular flexibility index (Phi) is 8.94. The van der Waals surface area contributed by atoms with E-state index in [4.69, 9.17) is 19.9 Å². The van der Waals surface area contributed by atoms with Crippen LogP contribution >= 0.6 is 11.8 Å². The minimum atomic E-state index is -0.579. The van der Waals surface area contributed by atoms with E-state index in [0.29, 0.717) is 17.5 Å². The summed E-state index contributed by atoms with van der Waals surface area (Å²) in [5.74, 6) is 1.93. The molecule has 0 radical (unpaired) electrons. The van der Waals surface area contributed by atoms with Crippen molar-refractivity contribution in [3.8, 4) is 56.4 Å². The molecule has 5 heteroatoms. The highest BCUT2D eigenvalue weighted by Crippen LogP contribution is 2.56. The molecule has 1 aliphatic heterocycles. The number of para-hydroxylation sites is 1. The van der Waals surface area contributed by atoms with E-state index in [-0.39, 0.29) is 0 Å². The van der Waals surface area contributed by atoms with Gasteiger partial charge < -0.3 is 0 Å². The molecule has 0 bridgehead atoms. The van der Waals surface area contributed by atoms with Crippen LogP contribution in [0.25, 0.3) is 67.3 Å². The lowest BCUT2D eigenvalue weighted by molar-refractivity contribution is 0.703. The summed E-state index contributed by atoms with van der Waals surface area (Å²) in [6.07, 6.45) is 1.86. The first kappa shape index (κ1) is 35.7. The highest BCUT2D eigenvalue weighted by Gasteiger charge is 2.44. The zero-order valence-corrected chi connectivity index (χ0v) is 33.3. The van der Waals surface area contributed by atoms with Crippen LogP contribution in [0.3, 0.4) is 0 Å². The van der Waals surface area contributed by atoms with Gasteiger partial charge in [-0.15, -0.1) is 0 Å². The van der Waals surface area contributed by atoms with Crippen LogP contribution in [0, 0.1) is 0 Å². The lowest BCUT2D eigenvalue weighted by Gasteiger charge is -2.42. The highest BCUT2D eigenvalue weighted by atomic mass is 32.2. The van der Waals surface area contributed by atoms with Gasteiger partial charge in [0.15, 0.2) is 17.5 Å². The molecule has 0 aliphatic carbocycles. The largest absolute Gasteiger partial charge is 0.256 e. The molecule has 0 saturated heterocycles. The average molecular weight is 785 g/mol. The zero-order chi connectivity index (χ0) is 39.9. The second kappa shape index (κ2) is 15.0. The fourth-order valence-electron chi connectivity index (χ4n) is 8.68. The smallest absolute Gasteiger partial charge is 0.164 e. The predicted octanol–water partition coefficient (Wildman–Crippen LogP) is 13.6. The van der Waals surface area contributed by atoms with Gasteiger partial charge in [0.1, 0.15) is 0 Å². The summed E-state index contributed by atoms with van der Waals surface area (Å²) in [5, 5.41) is 1.14. The lowest BCUT2D eigenvalue weighted by atomic mass is 9.64. The molecule has 1 aliphatic rings. The van der Waals surface area contributed by atoms with Crippen molar-refractivity contribution in [3.63, 3.8) is 0 Å². The van der Waals surface area contributed by atoms with E-state index in [0.717, 1.165) is 44.3 Å². The third-order valence-electron chi connectivity index (χ3n) is 11.6. The fraction of sp³-hybridized carbons (Fsp3) is 0.0182. The summed E-state index contributed by atoms with van der Waals surface area (Å²) in [4.78, 5) is 22.2. The van der Waals surface area contributed by atoms with Gasteiger partial charge in [-0.3, -0.25) is 4.98 Å². The van der Waals surface area contributed by atoms with Gasteiger partial charge in [0.2, 0.25) is 0 Å². The number of rotatable bonds is 7. The Morgan fingerprint density at radius 3 is 1.32 bits per heavy atom. The number of hydrogen-bond donors (Lipinski definition) is 0. The summed E-state index contributed by atoms with van der Waals surface area (Å²) in [5.41, 5.74) is 12.8. The van der Waals surface area contributed by atoms with Crippen molar-refractivity contribution >= 4 is 22.7 Å². The molecule has 8 aromatic carbocycles. The van der Waals surface area contributed by atoms with Gasteiger partial charge in [-0.2, -0.15) is 0 Å². The second-order valence-corrected chi connectivity index (χ2v) is 16.1. The molecule has 0 N–H and O–H groups in total. The van der Waals surface area contributed by atoms with E-state index in [1.165, 1.54) is 37.6 Å². The van der Waals surface area contributed by atoms with Gasteiger partial charge in [0.25, 0.3) is 0 Å². The quantitative estimate of drug-likeness (QED) is 0.161. The Labute approximate surface area is 353 Å². The van der Waals surface area contributed by atoms with E-state index >= 15 is 0 Å². The van der Waals surface area contributed by atoms with Crippen LogP contribution in [-0.4, -0.2) is 19.9 Å². The van der Waals surface area contributed by atoms with Crippen LogP contribution in [0.2, 0.25) is 0 Å². The van der Waals surface area contributed by atoms with E-state index in [1.54, 1.807) is 0 Å². The summed E-state index contributed by atoms with van der Waals surface area (Å²) in [7, 11) is 0. The van der Waals surface area contributed by atoms with Crippen LogP contribution in [0.15, 0.2) is 228 Å². The maximum Gasteiger partial charge on any atom is 0.164 e. The SMILES string of the molecule is c1ccc(-c2nc(-c3ccccc3)nc(-c3ccc(C4(c5ccc(-c6ccc(-c7cccc8cccnc78)cc6)cc5)c5ccccc5Sc5ccccc54)cc3)n2)cc1. The molecular weight excluding hydrogens is 749 g/mol. The van der Waals surface area contributed by atoms with Crippen molar-refractivity contribution in [2.24, 2.45) is 0 Å². The number of fused-ring (bicyclic) bond motifs is 3. The zero-order valence-electron chi connectivity index (χ0n) is 32.5. The van der Waals surface area contributed by atoms with E-state index < -0.39 is 5.41 Å². The monoisotopic (exact) mass is 784 g/mol. The van der Waals surface area contributed by atoms with Gasteiger partial charge in [-0.05, 0) is 57.1 Å². The second-order valence-electron chi connectivity index (χ2n) is 15.0.